The van der Waals surface area contributed by atoms with Gasteiger partial charge in [0.25, 0.3) is 0 Å². The fourth-order valence-electron chi connectivity index (χ4n) is 2.97. The molecule has 1 fully saturated rings. The van der Waals surface area contributed by atoms with Crippen LogP contribution in [-0.2, 0) is 20.4 Å². The zero-order valence-corrected chi connectivity index (χ0v) is 17.6. The third-order valence-electron chi connectivity index (χ3n) is 4.45. The standard InChI is InChI=1S/C17H25NO2S.C4H4O4/c1-3-21(20)16-9-7-15(8-10-16)17(19)14(2)13-18-11-5-4-6-12-18;5-3(6)1-2-4(7)8/h7-10,14H,3-6,11-13H2,1-2H3;1-2H,(H,5,6)(H,7,8)/p-2/b;2-1+. The van der Waals surface area contributed by atoms with Crippen LogP contribution in [0.25, 0.3) is 0 Å². The van der Waals surface area contributed by atoms with Crippen molar-refractivity contribution in [1.29, 1.82) is 0 Å². The van der Waals surface area contributed by atoms with E-state index in [1.807, 2.05) is 38.1 Å². The van der Waals surface area contributed by atoms with Gasteiger partial charge in [0.1, 0.15) is 0 Å². The molecule has 160 valence electrons. The Bertz CT molecular complexity index is 722. The van der Waals surface area contributed by atoms with Crippen molar-refractivity contribution in [3.05, 3.63) is 42.0 Å². The first-order valence-corrected chi connectivity index (χ1v) is 10.9. The molecule has 0 N–H and O–H groups in total. The summed E-state index contributed by atoms with van der Waals surface area (Å²) in [4.78, 5) is 34.5. The van der Waals surface area contributed by atoms with Gasteiger partial charge in [-0.1, -0.05) is 32.4 Å². The molecule has 1 saturated heterocycles. The summed E-state index contributed by atoms with van der Waals surface area (Å²) in [5.41, 5.74) is 0.733. The minimum atomic E-state index is -1.55. The molecule has 2 atom stereocenters. The van der Waals surface area contributed by atoms with E-state index in [2.05, 4.69) is 4.90 Å². The maximum Gasteiger partial charge on any atom is 0.166 e. The lowest BCUT2D eigenvalue weighted by Gasteiger charge is -2.28. The van der Waals surface area contributed by atoms with Crippen LogP contribution in [0.15, 0.2) is 41.3 Å². The number of nitrogens with zero attached hydrogens (tertiary/aromatic N) is 1. The van der Waals surface area contributed by atoms with E-state index in [1.165, 1.54) is 19.3 Å². The second-order valence-electron chi connectivity index (χ2n) is 6.76. The number of hydrogen-bond acceptors (Lipinski definition) is 7. The van der Waals surface area contributed by atoms with E-state index in [4.69, 9.17) is 0 Å². The van der Waals surface area contributed by atoms with Crippen LogP contribution in [-0.4, -0.2) is 52.2 Å². The van der Waals surface area contributed by atoms with Crippen molar-refractivity contribution in [3.8, 4) is 0 Å². The summed E-state index contributed by atoms with van der Waals surface area (Å²) in [6.45, 7) is 6.99. The Kier molecular flexibility index (Phi) is 11.1. The van der Waals surface area contributed by atoms with Gasteiger partial charge in [0.2, 0.25) is 0 Å². The molecular weight excluding hydrogens is 394 g/mol. The fraction of sp³-hybridized carbons (Fsp3) is 0.476. The number of carbonyl (C=O) groups excluding carboxylic acids is 3. The molecule has 0 spiro atoms. The number of carboxylic acids is 2. The Labute approximate surface area is 173 Å². The Balaban J connectivity index is 0.000000447. The van der Waals surface area contributed by atoms with Gasteiger partial charge < -0.3 is 24.7 Å². The summed E-state index contributed by atoms with van der Waals surface area (Å²) >= 11 is 0. The molecule has 0 saturated carbocycles. The minimum Gasteiger partial charge on any atom is -0.545 e. The first kappa shape index (κ1) is 24.7. The molecule has 2 rings (SSSR count). The van der Waals surface area contributed by atoms with Crippen LogP contribution in [0.2, 0.25) is 0 Å². The van der Waals surface area contributed by atoms with Gasteiger partial charge in [-0.25, -0.2) is 0 Å². The predicted octanol–water partition coefficient (Wildman–Crippen LogP) is 0.161. The molecule has 0 aliphatic carbocycles. The van der Waals surface area contributed by atoms with Crippen LogP contribution < -0.4 is 10.2 Å². The number of carbonyl (C=O) groups is 3. The third kappa shape index (κ3) is 9.62. The number of benzene rings is 1. The molecule has 1 aromatic rings. The van der Waals surface area contributed by atoms with Gasteiger partial charge in [-0.3, -0.25) is 9.00 Å². The van der Waals surface area contributed by atoms with Crippen molar-refractivity contribution < 1.29 is 28.8 Å². The van der Waals surface area contributed by atoms with Crippen LogP contribution >= 0.6 is 0 Å². The maximum atomic E-state index is 12.5. The lowest BCUT2D eigenvalue weighted by atomic mass is 9.98. The average Bonchev–Trinajstić information content (AvgIpc) is 2.72. The van der Waals surface area contributed by atoms with Gasteiger partial charge in [-0.05, 0) is 50.2 Å². The molecule has 29 heavy (non-hydrogen) atoms. The number of ketones is 1. The van der Waals surface area contributed by atoms with E-state index < -0.39 is 22.7 Å². The third-order valence-corrected chi connectivity index (χ3v) is 5.77. The van der Waals surface area contributed by atoms with E-state index in [-0.39, 0.29) is 11.7 Å². The molecule has 1 aliphatic rings. The molecule has 0 amide bonds. The quantitative estimate of drug-likeness (QED) is 0.433. The molecule has 8 heteroatoms. The fourth-order valence-corrected chi connectivity index (χ4v) is 3.74. The van der Waals surface area contributed by atoms with Crippen molar-refractivity contribution >= 4 is 28.5 Å². The van der Waals surface area contributed by atoms with Crippen molar-refractivity contribution in [3.63, 3.8) is 0 Å². The Hall–Kier alpha value is -2.32. The largest absolute Gasteiger partial charge is 0.545 e. The van der Waals surface area contributed by atoms with E-state index in [0.717, 1.165) is 30.1 Å². The zero-order valence-electron chi connectivity index (χ0n) is 16.8. The van der Waals surface area contributed by atoms with Crippen molar-refractivity contribution in [2.45, 2.75) is 38.0 Å². The van der Waals surface area contributed by atoms with Crippen molar-refractivity contribution in [2.75, 3.05) is 25.4 Å². The Morgan fingerprint density at radius 1 is 1.03 bits per heavy atom. The molecular formula is C21H27NO6S-2. The van der Waals surface area contributed by atoms with E-state index in [0.29, 0.717) is 17.9 Å². The summed E-state index contributed by atoms with van der Waals surface area (Å²) in [5.74, 6) is -2.28. The average molecular weight is 422 g/mol. The second-order valence-corrected chi connectivity index (χ2v) is 8.50. The number of hydrogen-bond donors (Lipinski definition) is 0. The van der Waals surface area contributed by atoms with Gasteiger partial charge in [0.15, 0.2) is 5.78 Å². The predicted molar refractivity (Wildman–Crippen MR) is 106 cm³/mol. The van der Waals surface area contributed by atoms with Crippen LogP contribution in [0.4, 0.5) is 0 Å². The molecule has 0 bridgehead atoms. The highest BCUT2D eigenvalue weighted by Gasteiger charge is 2.20. The van der Waals surface area contributed by atoms with Crippen LogP contribution in [0.3, 0.4) is 0 Å². The monoisotopic (exact) mass is 421 g/mol. The van der Waals surface area contributed by atoms with Crippen LogP contribution in [0, 0.1) is 5.92 Å². The molecule has 1 aliphatic heterocycles. The first-order valence-electron chi connectivity index (χ1n) is 9.59. The highest BCUT2D eigenvalue weighted by molar-refractivity contribution is 7.85. The molecule has 2 unspecified atom stereocenters. The van der Waals surface area contributed by atoms with Crippen molar-refractivity contribution in [1.82, 2.24) is 4.90 Å². The number of likely N-dealkylation sites (tertiary alicyclic amines) is 1. The highest BCUT2D eigenvalue weighted by Crippen LogP contribution is 2.16. The summed E-state index contributed by atoms with van der Waals surface area (Å²) < 4.78 is 11.7. The maximum absolute atomic E-state index is 12.5. The van der Waals surface area contributed by atoms with E-state index in [9.17, 15) is 28.8 Å². The molecule has 7 nitrogen and oxygen atoms in total. The summed E-state index contributed by atoms with van der Waals surface area (Å²) in [6.07, 6.45) is 4.58. The van der Waals surface area contributed by atoms with Crippen molar-refractivity contribution in [2.24, 2.45) is 5.92 Å². The van der Waals surface area contributed by atoms with E-state index in [1.54, 1.807) is 0 Å². The smallest absolute Gasteiger partial charge is 0.166 e. The van der Waals surface area contributed by atoms with Gasteiger partial charge in [0.05, 0.1) is 22.7 Å². The summed E-state index contributed by atoms with van der Waals surface area (Å²) in [6, 6.07) is 7.27. The van der Waals surface area contributed by atoms with Crippen LogP contribution in [0.1, 0.15) is 43.5 Å². The first-order chi connectivity index (χ1) is 13.7. The number of rotatable bonds is 8. The topological polar surface area (TPSA) is 118 Å². The minimum absolute atomic E-state index is 0.0191. The van der Waals surface area contributed by atoms with Gasteiger partial charge in [0, 0.05) is 28.7 Å². The Morgan fingerprint density at radius 3 is 2.00 bits per heavy atom. The van der Waals surface area contributed by atoms with E-state index >= 15 is 0 Å². The van der Waals surface area contributed by atoms with Gasteiger partial charge >= 0.3 is 0 Å². The zero-order chi connectivity index (χ0) is 21.8. The van der Waals surface area contributed by atoms with Gasteiger partial charge in [-0.15, -0.1) is 0 Å². The molecule has 1 heterocycles. The molecule has 0 radical (unpaired) electrons. The Morgan fingerprint density at radius 2 is 1.55 bits per heavy atom. The number of aliphatic carboxylic acids is 2. The van der Waals surface area contributed by atoms with Crippen LogP contribution in [0.5, 0.6) is 0 Å². The SMILES string of the molecule is CCS(=O)c1ccc(C(=O)C(C)CN2CCCCC2)cc1.O=C([O-])/C=C/C(=O)[O-]. The normalized spacial score (nSPS) is 16.5. The second kappa shape index (κ2) is 13.0. The van der Waals surface area contributed by atoms with Gasteiger partial charge in [-0.2, -0.15) is 0 Å². The summed E-state index contributed by atoms with van der Waals surface area (Å²) in [5, 5.41) is 18.8. The lowest BCUT2D eigenvalue weighted by Crippen LogP contribution is -2.35. The highest BCUT2D eigenvalue weighted by atomic mass is 32.2. The molecule has 0 aromatic heterocycles. The number of piperidine rings is 1. The number of carboxylic acid groups (broad SMARTS) is 2. The lowest BCUT2D eigenvalue weighted by molar-refractivity contribution is -0.301. The summed E-state index contributed by atoms with van der Waals surface area (Å²) in [7, 11) is -0.948. The number of Topliss-reactive ketones (excluding diaryl/α,β-unsaturated/α-hetero) is 1. The molecule has 1 aromatic carbocycles.